The number of pyridine rings is 1. The molecule has 1 aliphatic rings. The summed E-state index contributed by atoms with van der Waals surface area (Å²) in [7, 11) is -2.76. The molecule has 0 saturated heterocycles. The number of nitrogens with one attached hydrogen (secondary N) is 1. The number of sulfonamides is 1. The molecule has 5 rings (SSSR count). The first kappa shape index (κ1) is 29.5. The van der Waals surface area contributed by atoms with Crippen LogP contribution in [0.3, 0.4) is 0 Å². The molecular weight excluding hydrogens is 608 g/mol. The summed E-state index contributed by atoms with van der Waals surface area (Å²) in [5, 5.41) is 0.180. The maximum atomic E-state index is 13.3. The second-order valence-corrected chi connectivity index (χ2v) is 10.5. The van der Waals surface area contributed by atoms with Crippen LogP contribution >= 0.6 is 11.6 Å². The topological polar surface area (TPSA) is 167 Å². The fourth-order valence-electron chi connectivity index (χ4n) is 3.58. The molecular formula is C27H23ClN4O10S. The molecule has 0 aliphatic carbocycles. The summed E-state index contributed by atoms with van der Waals surface area (Å²) < 4.78 is 66.4. The van der Waals surface area contributed by atoms with Gasteiger partial charge in [-0.1, -0.05) is 17.7 Å². The molecule has 0 fully saturated rings. The number of halogens is 1. The van der Waals surface area contributed by atoms with Crippen LogP contribution in [0.25, 0.3) is 0 Å². The van der Waals surface area contributed by atoms with E-state index in [1.54, 1.807) is 30.5 Å². The van der Waals surface area contributed by atoms with Gasteiger partial charge in [0, 0.05) is 18.3 Å². The zero-order chi connectivity index (χ0) is 30.2. The van der Waals surface area contributed by atoms with Crippen molar-refractivity contribution in [3.63, 3.8) is 0 Å². The van der Waals surface area contributed by atoms with Crippen LogP contribution in [0.2, 0.25) is 5.02 Å². The predicted molar refractivity (Wildman–Crippen MR) is 149 cm³/mol. The first-order valence-corrected chi connectivity index (χ1v) is 14.3. The SMILES string of the molecule is COc1ccc(Cl)c(Oc2c(NS(=O)(=O)c3ccc4c(c3)OCO4)ncnc2OCCOC(=O)OCc2ccccn2)c1. The van der Waals surface area contributed by atoms with E-state index < -0.39 is 16.2 Å². The molecule has 0 atom stereocenters. The van der Waals surface area contributed by atoms with Crippen molar-refractivity contribution < 1.29 is 46.4 Å². The number of rotatable bonds is 12. The highest BCUT2D eigenvalue weighted by molar-refractivity contribution is 7.92. The quantitative estimate of drug-likeness (QED) is 0.171. The van der Waals surface area contributed by atoms with Gasteiger partial charge in [-0.15, -0.1) is 0 Å². The van der Waals surface area contributed by atoms with Crippen molar-refractivity contribution in [1.29, 1.82) is 0 Å². The molecule has 16 heteroatoms. The molecule has 0 spiro atoms. The number of nitrogens with zero attached hydrogens (tertiary/aromatic N) is 3. The molecule has 0 bridgehead atoms. The Morgan fingerprint density at radius 1 is 1.00 bits per heavy atom. The van der Waals surface area contributed by atoms with E-state index in [1.807, 2.05) is 0 Å². The van der Waals surface area contributed by atoms with Crippen LogP contribution in [0, 0.1) is 0 Å². The molecule has 14 nitrogen and oxygen atoms in total. The first-order chi connectivity index (χ1) is 20.8. The van der Waals surface area contributed by atoms with Gasteiger partial charge in [0.15, 0.2) is 17.3 Å². The average Bonchev–Trinajstić information content (AvgIpc) is 3.49. The van der Waals surface area contributed by atoms with Gasteiger partial charge in [-0.05, 0) is 36.4 Å². The van der Waals surface area contributed by atoms with Crippen LogP contribution in [0.5, 0.6) is 34.6 Å². The number of carbonyl (C=O) groups excluding carboxylic acids is 1. The lowest BCUT2D eigenvalue weighted by Crippen LogP contribution is -2.16. The van der Waals surface area contributed by atoms with Crippen molar-refractivity contribution in [2.75, 3.05) is 31.8 Å². The molecule has 43 heavy (non-hydrogen) atoms. The van der Waals surface area contributed by atoms with Crippen molar-refractivity contribution in [1.82, 2.24) is 15.0 Å². The third kappa shape index (κ3) is 7.44. The summed E-state index contributed by atoms with van der Waals surface area (Å²) in [5.41, 5.74) is 0.547. The average molecular weight is 631 g/mol. The zero-order valence-electron chi connectivity index (χ0n) is 22.4. The van der Waals surface area contributed by atoms with E-state index in [4.69, 9.17) is 44.8 Å². The molecule has 2 aromatic heterocycles. The summed E-state index contributed by atoms with van der Waals surface area (Å²) in [6.45, 7) is -0.530. The first-order valence-electron chi connectivity index (χ1n) is 12.4. The lowest BCUT2D eigenvalue weighted by molar-refractivity contribution is 0.0399. The van der Waals surface area contributed by atoms with E-state index >= 15 is 0 Å². The molecule has 4 aromatic rings. The van der Waals surface area contributed by atoms with Crippen LogP contribution in [0.15, 0.2) is 72.0 Å². The number of ether oxygens (including phenoxy) is 7. The van der Waals surface area contributed by atoms with Gasteiger partial charge in [0.25, 0.3) is 15.9 Å². The molecule has 0 amide bonds. The maximum absolute atomic E-state index is 13.3. The lowest BCUT2D eigenvalue weighted by Gasteiger charge is -2.16. The van der Waals surface area contributed by atoms with Gasteiger partial charge in [0.2, 0.25) is 12.5 Å². The van der Waals surface area contributed by atoms with Crippen molar-refractivity contribution in [3.05, 3.63) is 77.8 Å². The fourth-order valence-corrected chi connectivity index (χ4v) is 4.76. The van der Waals surface area contributed by atoms with Crippen molar-refractivity contribution >= 4 is 33.6 Å². The molecule has 0 unspecified atom stereocenters. The highest BCUT2D eigenvalue weighted by atomic mass is 35.5. The Kier molecular flexibility index (Phi) is 9.12. The molecule has 0 saturated carbocycles. The normalized spacial score (nSPS) is 11.9. The molecule has 224 valence electrons. The number of hydrogen-bond acceptors (Lipinski definition) is 13. The Morgan fingerprint density at radius 3 is 2.67 bits per heavy atom. The van der Waals surface area contributed by atoms with Gasteiger partial charge in [0.1, 0.15) is 37.6 Å². The monoisotopic (exact) mass is 630 g/mol. The van der Waals surface area contributed by atoms with Crippen molar-refractivity contribution in [2.24, 2.45) is 0 Å². The number of carbonyl (C=O) groups is 1. The summed E-state index contributed by atoms with van der Waals surface area (Å²) in [4.78, 5) is 24.0. The largest absolute Gasteiger partial charge is 0.508 e. The maximum Gasteiger partial charge on any atom is 0.508 e. The number of anilines is 1. The minimum Gasteiger partial charge on any atom is -0.497 e. The van der Waals surface area contributed by atoms with Crippen molar-refractivity contribution in [3.8, 4) is 34.6 Å². The van der Waals surface area contributed by atoms with Crippen LogP contribution < -0.4 is 28.4 Å². The van der Waals surface area contributed by atoms with E-state index in [1.165, 1.54) is 37.4 Å². The Bertz CT molecular complexity index is 1710. The predicted octanol–water partition coefficient (Wildman–Crippen LogP) is 4.59. The third-order valence-corrected chi connectivity index (χ3v) is 7.26. The molecule has 0 radical (unpaired) electrons. The van der Waals surface area contributed by atoms with Gasteiger partial charge in [-0.2, -0.15) is 4.98 Å². The van der Waals surface area contributed by atoms with E-state index in [-0.39, 0.29) is 65.5 Å². The minimum absolute atomic E-state index is 0.0240. The van der Waals surface area contributed by atoms with Gasteiger partial charge in [0.05, 0.1) is 22.7 Å². The summed E-state index contributed by atoms with van der Waals surface area (Å²) >= 11 is 6.32. The van der Waals surface area contributed by atoms with Gasteiger partial charge < -0.3 is 33.2 Å². The van der Waals surface area contributed by atoms with Crippen LogP contribution in [0.4, 0.5) is 10.6 Å². The Morgan fingerprint density at radius 2 is 1.86 bits per heavy atom. The molecule has 3 heterocycles. The molecule has 2 aromatic carbocycles. The van der Waals surface area contributed by atoms with Crippen LogP contribution in [-0.4, -0.2) is 56.6 Å². The van der Waals surface area contributed by atoms with Crippen LogP contribution in [-0.2, 0) is 26.1 Å². The zero-order valence-corrected chi connectivity index (χ0v) is 24.0. The summed E-state index contributed by atoms with van der Waals surface area (Å²) in [6.07, 6.45) is 1.70. The Labute approximate surface area is 250 Å². The highest BCUT2D eigenvalue weighted by Gasteiger charge is 2.25. The van der Waals surface area contributed by atoms with E-state index in [0.717, 1.165) is 6.33 Å². The summed E-state index contributed by atoms with van der Waals surface area (Å²) in [5.74, 6) is 0.529. The number of aromatic nitrogens is 3. The summed E-state index contributed by atoms with van der Waals surface area (Å²) in [6, 6.07) is 13.9. The van der Waals surface area contributed by atoms with Gasteiger partial charge >= 0.3 is 6.16 Å². The van der Waals surface area contributed by atoms with Gasteiger partial charge in [-0.25, -0.2) is 18.2 Å². The number of methoxy groups -OCH3 is 1. The van der Waals surface area contributed by atoms with Crippen LogP contribution in [0.1, 0.15) is 5.69 Å². The fraction of sp³-hybridized carbons (Fsp3) is 0.185. The minimum atomic E-state index is -4.22. The van der Waals surface area contributed by atoms with E-state index in [9.17, 15) is 13.2 Å². The highest BCUT2D eigenvalue weighted by Crippen LogP contribution is 2.41. The molecule has 1 aliphatic heterocycles. The number of hydrogen-bond donors (Lipinski definition) is 1. The Hall–Kier alpha value is -5.02. The smallest absolute Gasteiger partial charge is 0.497 e. The van der Waals surface area contributed by atoms with Crippen molar-refractivity contribution in [2.45, 2.75) is 11.5 Å². The van der Waals surface area contributed by atoms with E-state index in [2.05, 4.69) is 19.7 Å². The standard InChI is InChI=1S/C27H23ClN4O10S/c1-36-18-5-7-20(28)22(12-18)42-24-25(32-43(34,35)19-6-8-21-23(13-19)41-16-40-21)30-15-31-26(24)37-10-11-38-27(33)39-14-17-4-2-3-9-29-17/h2-9,12-13,15H,10-11,14,16H2,1H3,(H,30,31,32). The molecule has 1 N–H and O–H groups in total. The number of fused-ring (bicyclic) bond motifs is 1. The second kappa shape index (κ2) is 13.3. The second-order valence-electron chi connectivity index (χ2n) is 8.43. The third-order valence-electron chi connectivity index (χ3n) is 5.61. The van der Waals surface area contributed by atoms with Gasteiger partial charge in [-0.3, -0.25) is 9.71 Å². The number of benzene rings is 2. The lowest BCUT2D eigenvalue weighted by atomic mass is 10.3. The van der Waals surface area contributed by atoms with E-state index in [0.29, 0.717) is 17.2 Å². The Balaban J connectivity index is 1.33.